The van der Waals surface area contributed by atoms with E-state index in [1.165, 1.54) is 24.3 Å². The lowest BCUT2D eigenvalue weighted by Crippen LogP contribution is -2.43. The molecule has 0 bridgehead atoms. The van der Waals surface area contributed by atoms with Gasteiger partial charge in [-0.05, 0) is 19.8 Å². The maximum absolute atomic E-state index is 12.0. The molecular formula is C14H20N2O3S. The van der Waals surface area contributed by atoms with Gasteiger partial charge in [0.05, 0.1) is 42.5 Å². The van der Waals surface area contributed by atoms with Crippen molar-refractivity contribution in [1.82, 2.24) is 10.3 Å². The molecule has 1 aliphatic heterocycles. The fourth-order valence-electron chi connectivity index (χ4n) is 2.53. The van der Waals surface area contributed by atoms with Crippen LogP contribution in [0.5, 0.6) is 0 Å². The number of aryl methyl sites for hydroxylation is 1. The Hall–Kier alpha value is -0.980. The molecule has 0 spiro atoms. The minimum absolute atomic E-state index is 0.0635. The Bertz CT molecular complexity index is 499. The highest BCUT2D eigenvalue weighted by Crippen LogP contribution is 2.39. The Morgan fingerprint density at radius 2 is 2.30 bits per heavy atom. The lowest BCUT2D eigenvalue weighted by molar-refractivity contribution is -0.121. The van der Waals surface area contributed by atoms with Gasteiger partial charge in [0, 0.05) is 10.8 Å². The SMILES string of the molecule is Cc1nc(C2CCC2)sc1CC(=O)N[C@@H]1COC[C@@H]1O. The molecule has 1 aromatic rings. The van der Waals surface area contributed by atoms with Gasteiger partial charge in [-0.15, -0.1) is 11.3 Å². The van der Waals surface area contributed by atoms with Crippen LogP contribution in [0.15, 0.2) is 0 Å². The molecular weight excluding hydrogens is 276 g/mol. The number of ether oxygens (including phenoxy) is 1. The van der Waals surface area contributed by atoms with Crippen LogP contribution in [0.25, 0.3) is 0 Å². The van der Waals surface area contributed by atoms with E-state index in [0.29, 0.717) is 25.6 Å². The summed E-state index contributed by atoms with van der Waals surface area (Å²) in [5, 5.41) is 13.6. The smallest absolute Gasteiger partial charge is 0.225 e. The predicted octanol–water partition coefficient (Wildman–Crippen LogP) is 1.14. The lowest BCUT2D eigenvalue weighted by Gasteiger charge is -2.22. The number of carbonyl (C=O) groups excluding carboxylic acids is 1. The zero-order chi connectivity index (χ0) is 14.1. The van der Waals surface area contributed by atoms with E-state index in [1.807, 2.05) is 6.92 Å². The predicted molar refractivity (Wildman–Crippen MR) is 75.9 cm³/mol. The Morgan fingerprint density at radius 3 is 2.90 bits per heavy atom. The summed E-state index contributed by atoms with van der Waals surface area (Å²) in [6.45, 7) is 2.66. The molecule has 0 aromatic carbocycles. The van der Waals surface area contributed by atoms with Gasteiger partial charge in [-0.3, -0.25) is 4.79 Å². The van der Waals surface area contributed by atoms with Gasteiger partial charge in [0.2, 0.25) is 5.91 Å². The molecule has 1 aromatic heterocycles. The topological polar surface area (TPSA) is 71.5 Å². The quantitative estimate of drug-likeness (QED) is 0.874. The fraction of sp³-hybridized carbons (Fsp3) is 0.714. The van der Waals surface area contributed by atoms with Crippen LogP contribution in [0.4, 0.5) is 0 Å². The highest BCUT2D eigenvalue weighted by molar-refractivity contribution is 7.12. The molecule has 5 nitrogen and oxygen atoms in total. The van der Waals surface area contributed by atoms with Gasteiger partial charge in [-0.25, -0.2) is 4.98 Å². The second kappa shape index (κ2) is 5.79. The molecule has 1 saturated heterocycles. The van der Waals surface area contributed by atoms with Gasteiger partial charge in [0.25, 0.3) is 0 Å². The van der Waals surface area contributed by atoms with E-state index in [-0.39, 0.29) is 11.9 Å². The maximum Gasteiger partial charge on any atom is 0.225 e. The van der Waals surface area contributed by atoms with Crippen LogP contribution >= 0.6 is 11.3 Å². The van der Waals surface area contributed by atoms with Crippen LogP contribution < -0.4 is 5.32 Å². The van der Waals surface area contributed by atoms with E-state index >= 15 is 0 Å². The van der Waals surface area contributed by atoms with Crippen LogP contribution in [0.2, 0.25) is 0 Å². The average Bonchev–Trinajstić information content (AvgIpc) is 2.85. The van der Waals surface area contributed by atoms with Crippen molar-refractivity contribution in [2.24, 2.45) is 0 Å². The Labute approximate surface area is 122 Å². The Morgan fingerprint density at radius 1 is 1.50 bits per heavy atom. The van der Waals surface area contributed by atoms with E-state index in [9.17, 15) is 9.90 Å². The zero-order valence-corrected chi connectivity index (χ0v) is 12.4. The lowest BCUT2D eigenvalue weighted by atomic mass is 9.86. The highest BCUT2D eigenvalue weighted by atomic mass is 32.1. The molecule has 0 radical (unpaired) electrons. The highest BCUT2D eigenvalue weighted by Gasteiger charge is 2.28. The van der Waals surface area contributed by atoms with E-state index in [0.717, 1.165) is 10.6 Å². The number of thiazole rings is 1. The summed E-state index contributed by atoms with van der Waals surface area (Å²) in [4.78, 5) is 17.7. The van der Waals surface area contributed by atoms with Crippen molar-refractivity contribution < 1.29 is 14.6 Å². The fourth-order valence-corrected chi connectivity index (χ4v) is 3.76. The number of nitrogens with one attached hydrogen (secondary N) is 1. The number of aliphatic hydroxyl groups excluding tert-OH is 1. The average molecular weight is 296 g/mol. The third-order valence-electron chi connectivity index (χ3n) is 4.08. The summed E-state index contributed by atoms with van der Waals surface area (Å²) >= 11 is 1.66. The Balaban J connectivity index is 1.59. The van der Waals surface area contributed by atoms with Crippen molar-refractivity contribution in [3.8, 4) is 0 Å². The van der Waals surface area contributed by atoms with E-state index in [2.05, 4.69) is 10.3 Å². The van der Waals surface area contributed by atoms with Crippen LogP contribution in [0, 0.1) is 6.92 Å². The maximum atomic E-state index is 12.0. The first-order valence-electron chi connectivity index (χ1n) is 7.15. The summed E-state index contributed by atoms with van der Waals surface area (Å²) in [6, 6.07) is -0.276. The second-order valence-corrected chi connectivity index (χ2v) is 6.76. The number of carbonyl (C=O) groups is 1. The normalized spacial score (nSPS) is 26.5. The second-order valence-electron chi connectivity index (χ2n) is 5.64. The van der Waals surface area contributed by atoms with Gasteiger partial charge in [0.15, 0.2) is 0 Å². The first-order chi connectivity index (χ1) is 9.63. The van der Waals surface area contributed by atoms with Crippen molar-refractivity contribution in [3.63, 3.8) is 0 Å². The standard InChI is InChI=1S/C14H20N2O3S/c1-8-12(20-14(15-8)9-3-2-4-9)5-13(18)16-10-6-19-7-11(10)17/h9-11,17H,2-7H2,1H3,(H,16,18)/t10-,11+/m1/s1. The summed E-state index contributed by atoms with van der Waals surface area (Å²) < 4.78 is 5.13. The minimum Gasteiger partial charge on any atom is -0.388 e. The van der Waals surface area contributed by atoms with Crippen molar-refractivity contribution in [2.45, 2.75) is 50.7 Å². The molecule has 3 rings (SSSR count). The molecule has 2 atom stereocenters. The van der Waals surface area contributed by atoms with Crippen LogP contribution in [-0.4, -0.2) is 41.4 Å². The molecule has 2 fully saturated rings. The molecule has 0 unspecified atom stereocenters. The van der Waals surface area contributed by atoms with Crippen molar-refractivity contribution >= 4 is 17.2 Å². The largest absolute Gasteiger partial charge is 0.388 e. The number of amides is 1. The van der Waals surface area contributed by atoms with Gasteiger partial charge in [0.1, 0.15) is 0 Å². The molecule has 1 aliphatic carbocycles. The number of nitrogens with zero attached hydrogens (tertiary/aromatic N) is 1. The molecule has 20 heavy (non-hydrogen) atoms. The first-order valence-corrected chi connectivity index (χ1v) is 7.96. The number of hydrogen-bond donors (Lipinski definition) is 2. The summed E-state index contributed by atoms with van der Waals surface area (Å²) in [6.07, 6.45) is 3.50. The Kier molecular flexibility index (Phi) is 4.05. The van der Waals surface area contributed by atoms with Crippen LogP contribution in [0.3, 0.4) is 0 Å². The third-order valence-corrected chi connectivity index (χ3v) is 5.40. The zero-order valence-electron chi connectivity index (χ0n) is 11.6. The number of rotatable bonds is 4. The first kappa shape index (κ1) is 14.0. The van der Waals surface area contributed by atoms with Gasteiger partial charge in [-0.1, -0.05) is 6.42 Å². The van der Waals surface area contributed by atoms with Crippen molar-refractivity contribution in [3.05, 3.63) is 15.6 Å². The minimum atomic E-state index is -0.591. The molecule has 6 heteroatoms. The monoisotopic (exact) mass is 296 g/mol. The van der Waals surface area contributed by atoms with E-state index in [4.69, 9.17) is 4.74 Å². The van der Waals surface area contributed by atoms with Crippen molar-refractivity contribution in [1.29, 1.82) is 0 Å². The molecule has 1 amide bonds. The summed E-state index contributed by atoms with van der Waals surface area (Å²) in [5.41, 5.74) is 0.968. The summed E-state index contributed by atoms with van der Waals surface area (Å²) in [5.74, 6) is 0.548. The van der Waals surface area contributed by atoms with Crippen molar-refractivity contribution in [2.75, 3.05) is 13.2 Å². The molecule has 110 valence electrons. The number of aliphatic hydroxyl groups is 1. The van der Waals surface area contributed by atoms with Crippen LogP contribution in [-0.2, 0) is 16.0 Å². The molecule has 2 aliphatic rings. The third kappa shape index (κ3) is 2.87. The number of hydrogen-bond acceptors (Lipinski definition) is 5. The van der Waals surface area contributed by atoms with Gasteiger partial charge >= 0.3 is 0 Å². The van der Waals surface area contributed by atoms with Crippen LogP contribution in [0.1, 0.15) is 40.8 Å². The summed E-state index contributed by atoms with van der Waals surface area (Å²) in [7, 11) is 0. The number of aromatic nitrogens is 1. The van der Waals surface area contributed by atoms with Gasteiger partial charge < -0.3 is 15.2 Å². The molecule has 2 heterocycles. The molecule has 1 saturated carbocycles. The van der Waals surface area contributed by atoms with E-state index in [1.54, 1.807) is 11.3 Å². The van der Waals surface area contributed by atoms with Gasteiger partial charge in [-0.2, -0.15) is 0 Å². The van der Waals surface area contributed by atoms with E-state index < -0.39 is 6.10 Å². The molecule has 2 N–H and O–H groups in total.